The molecular weight excluding hydrogens is 140 g/mol. The van der Waals surface area contributed by atoms with Crippen LogP contribution in [-0.2, 0) is 0 Å². The molecule has 0 aromatic carbocycles. The fraction of sp³-hybridized carbons (Fsp3) is 1.00. The smallest absolute Gasteiger partial charge is 0.0802 e. The van der Waals surface area contributed by atoms with E-state index in [9.17, 15) is 10.2 Å². The van der Waals surface area contributed by atoms with Crippen LogP contribution in [0.3, 0.4) is 0 Å². The highest BCUT2D eigenvalue weighted by Crippen LogP contribution is 2.39. The molecule has 0 amide bonds. The summed E-state index contributed by atoms with van der Waals surface area (Å²) in [5.41, 5.74) is 0.221. The third-order valence-corrected chi connectivity index (χ3v) is 2.72. The van der Waals surface area contributed by atoms with E-state index in [1.165, 1.54) is 0 Å². The Balaban J connectivity index is 2.54. The van der Waals surface area contributed by atoms with E-state index < -0.39 is 12.2 Å². The SMILES string of the molecule is CC(C)(C)[C@@H]1C[C@@H](O)[C@@H](O)C1. The first-order valence-electron chi connectivity index (χ1n) is 4.27. The lowest BCUT2D eigenvalue weighted by molar-refractivity contribution is 0.0438. The van der Waals surface area contributed by atoms with Gasteiger partial charge in [-0.1, -0.05) is 20.8 Å². The standard InChI is InChI=1S/C9H18O2/c1-9(2,3)6-4-7(10)8(11)5-6/h6-8,10-11H,4-5H2,1-3H3/t6-,7-,8+. The molecule has 1 rings (SSSR count). The normalized spacial score (nSPS) is 39.5. The van der Waals surface area contributed by atoms with Gasteiger partial charge < -0.3 is 10.2 Å². The molecule has 0 saturated heterocycles. The van der Waals surface area contributed by atoms with Gasteiger partial charge in [0.25, 0.3) is 0 Å². The second kappa shape index (κ2) is 2.76. The Bertz CT molecular complexity index is 127. The van der Waals surface area contributed by atoms with Crippen LogP contribution < -0.4 is 0 Å². The van der Waals surface area contributed by atoms with Crippen molar-refractivity contribution >= 4 is 0 Å². The Kier molecular flexibility index (Phi) is 2.26. The number of aliphatic hydroxyl groups excluding tert-OH is 2. The Morgan fingerprint density at radius 1 is 1.00 bits per heavy atom. The molecule has 1 aliphatic carbocycles. The molecule has 0 spiro atoms. The minimum Gasteiger partial charge on any atom is -0.390 e. The van der Waals surface area contributed by atoms with Gasteiger partial charge in [-0.05, 0) is 24.2 Å². The number of hydrogen-bond acceptors (Lipinski definition) is 2. The summed E-state index contributed by atoms with van der Waals surface area (Å²) in [6, 6.07) is 0. The van der Waals surface area contributed by atoms with Crippen molar-refractivity contribution in [1.29, 1.82) is 0 Å². The molecule has 11 heavy (non-hydrogen) atoms. The molecule has 1 aliphatic rings. The van der Waals surface area contributed by atoms with E-state index in [1.54, 1.807) is 0 Å². The highest BCUT2D eigenvalue weighted by atomic mass is 16.3. The van der Waals surface area contributed by atoms with Gasteiger partial charge in [0.1, 0.15) is 0 Å². The molecular formula is C9H18O2. The van der Waals surface area contributed by atoms with E-state index in [1.807, 2.05) is 0 Å². The van der Waals surface area contributed by atoms with Crippen LogP contribution in [0.2, 0.25) is 0 Å². The maximum Gasteiger partial charge on any atom is 0.0802 e. The van der Waals surface area contributed by atoms with E-state index in [4.69, 9.17) is 0 Å². The van der Waals surface area contributed by atoms with Gasteiger partial charge in [0, 0.05) is 0 Å². The van der Waals surface area contributed by atoms with Gasteiger partial charge in [-0.2, -0.15) is 0 Å². The first-order chi connectivity index (χ1) is 4.91. The Hall–Kier alpha value is -0.0800. The van der Waals surface area contributed by atoms with Crippen molar-refractivity contribution < 1.29 is 10.2 Å². The van der Waals surface area contributed by atoms with Crippen LogP contribution in [0.25, 0.3) is 0 Å². The summed E-state index contributed by atoms with van der Waals surface area (Å²) in [5.74, 6) is 0.465. The van der Waals surface area contributed by atoms with E-state index in [2.05, 4.69) is 20.8 Å². The molecule has 66 valence electrons. The highest BCUT2D eigenvalue weighted by molar-refractivity contribution is 4.88. The zero-order valence-corrected chi connectivity index (χ0v) is 7.54. The lowest BCUT2D eigenvalue weighted by atomic mass is 9.80. The van der Waals surface area contributed by atoms with Crippen LogP contribution in [0, 0.1) is 11.3 Å². The second-order valence-corrected chi connectivity index (χ2v) is 4.67. The fourth-order valence-corrected chi connectivity index (χ4v) is 1.70. The van der Waals surface area contributed by atoms with Gasteiger partial charge in [-0.3, -0.25) is 0 Å². The second-order valence-electron chi connectivity index (χ2n) is 4.67. The summed E-state index contributed by atoms with van der Waals surface area (Å²) in [7, 11) is 0. The monoisotopic (exact) mass is 158 g/mol. The molecule has 0 aromatic heterocycles. The average Bonchev–Trinajstić information content (AvgIpc) is 2.11. The minimum atomic E-state index is -0.487. The molecule has 0 bridgehead atoms. The van der Waals surface area contributed by atoms with Crippen molar-refractivity contribution in [2.75, 3.05) is 0 Å². The van der Waals surface area contributed by atoms with Gasteiger partial charge >= 0.3 is 0 Å². The Labute approximate surface area is 68.2 Å². The molecule has 3 atom stereocenters. The molecule has 1 saturated carbocycles. The van der Waals surface area contributed by atoms with Crippen LogP contribution in [0.15, 0.2) is 0 Å². The largest absolute Gasteiger partial charge is 0.390 e. The quantitative estimate of drug-likeness (QED) is 0.555. The van der Waals surface area contributed by atoms with Crippen molar-refractivity contribution in [3.05, 3.63) is 0 Å². The van der Waals surface area contributed by atoms with Crippen molar-refractivity contribution in [2.24, 2.45) is 11.3 Å². The zero-order valence-electron chi connectivity index (χ0n) is 7.54. The van der Waals surface area contributed by atoms with Crippen molar-refractivity contribution in [3.8, 4) is 0 Å². The molecule has 1 fully saturated rings. The maximum absolute atomic E-state index is 9.28. The predicted octanol–water partition coefficient (Wildman–Crippen LogP) is 1.16. The van der Waals surface area contributed by atoms with Gasteiger partial charge in [-0.15, -0.1) is 0 Å². The van der Waals surface area contributed by atoms with Crippen LogP contribution in [-0.4, -0.2) is 22.4 Å². The van der Waals surface area contributed by atoms with Crippen LogP contribution in [0.4, 0.5) is 0 Å². The first-order valence-corrected chi connectivity index (χ1v) is 4.27. The Morgan fingerprint density at radius 3 is 1.55 bits per heavy atom. The van der Waals surface area contributed by atoms with E-state index in [0.717, 1.165) is 12.8 Å². The van der Waals surface area contributed by atoms with Gasteiger partial charge in [0.2, 0.25) is 0 Å². The summed E-state index contributed by atoms with van der Waals surface area (Å²) in [6.45, 7) is 6.47. The summed E-state index contributed by atoms with van der Waals surface area (Å²) in [6.07, 6.45) is 0.536. The van der Waals surface area contributed by atoms with Crippen LogP contribution in [0.1, 0.15) is 33.6 Å². The maximum atomic E-state index is 9.28. The summed E-state index contributed by atoms with van der Waals surface area (Å²) in [5, 5.41) is 18.6. The zero-order chi connectivity index (χ0) is 8.65. The van der Waals surface area contributed by atoms with Gasteiger partial charge in [-0.25, -0.2) is 0 Å². The topological polar surface area (TPSA) is 40.5 Å². The predicted molar refractivity (Wildman–Crippen MR) is 44.2 cm³/mol. The van der Waals surface area contributed by atoms with Crippen LogP contribution >= 0.6 is 0 Å². The molecule has 0 aliphatic heterocycles. The highest BCUT2D eigenvalue weighted by Gasteiger charge is 2.37. The van der Waals surface area contributed by atoms with Gasteiger partial charge in [0.05, 0.1) is 12.2 Å². The molecule has 0 heterocycles. The number of hydrogen-bond donors (Lipinski definition) is 2. The molecule has 2 heteroatoms. The molecule has 0 unspecified atom stereocenters. The van der Waals surface area contributed by atoms with E-state index in [0.29, 0.717) is 5.92 Å². The van der Waals surface area contributed by atoms with Gasteiger partial charge in [0.15, 0.2) is 0 Å². The van der Waals surface area contributed by atoms with Crippen molar-refractivity contribution in [3.63, 3.8) is 0 Å². The van der Waals surface area contributed by atoms with Crippen molar-refractivity contribution in [2.45, 2.75) is 45.8 Å². The summed E-state index contributed by atoms with van der Waals surface area (Å²) >= 11 is 0. The molecule has 2 nitrogen and oxygen atoms in total. The third-order valence-electron chi connectivity index (χ3n) is 2.72. The van der Waals surface area contributed by atoms with E-state index in [-0.39, 0.29) is 5.41 Å². The third kappa shape index (κ3) is 1.94. The molecule has 0 aromatic rings. The fourth-order valence-electron chi connectivity index (χ4n) is 1.70. The van der Waals surface area contributed by atoms with Crippen molar-refractivity contribution in [1.82, 2.24) is 0 Å². The Morgan fingerprint density at radius 2 is 1.36 bits per heavy atom. The minimum absolute atomic E-state index is 0.221. The molecule has 0 radical (unpaired) electrons. The molecule has 2 N–H and O–H groups in total. The number of rotatable bonds is 0. The average molecular weight is 158 g/mol. The number of aliphatic hydroxyl groups is 2. The summed E-state index contributed by atoms with van der Waals surface area (Å²) < 4.78 is 0. The summed E-state index contributed by atoms with van der Waals surface area (Å²) in [4.78, 5) is 0. The lowest BCUT2D eigenvalue weighted by Crippen LogP contribution is -2.18. The van der Waals surface area contributed by atoms with E-state index >= 15 is 0 Å². The van der Waals surface area contributed by atoms with Crippen LogP contribution in [0.5, 0.6) is 0 Å². The first kappa shape index (κ1) is 9.01. The lowest BCUT2D eigenvalue weighted by Gasteiger charge is -2.26.